The lowest BCUT2D eigenvalue weighted by Crippen LogP contribution is -2.57. The molecule has 2 aliphatic rings. The number of hydrogen-bond donors (Lipinski definition) is 3. The molecule has 280 valence electrons. The maximum atomic E-state index is 14.2. The summed E-state index contributed by atoms with van der Waals surface area (Å²) >= 11 is 1.56. The minimum atomic E-state index is -4.01. The molecule has 13 nitrogen and oxygen atoms in total. The van der Waals surface area contributed by atoms with E-state index in [1.165, 1.54) is 30.5 Å². The molecule has 0 aromatic heterocycles. The van der Waals surface area contributed by atoms with Crippen molar-refractivity contribution in [3.8, 4) is 5.75 Å². The zero-order valence-corrected chi connectivity index (χ0v) is 31.9. The van der Waals surface area contributed by atoms with E-state index in [2.05, 4.69) is 10.6 Å². The number of aliphatic hydroxyl groups is 1. The minimum Gasteiger partial charge on any atom is -0.497 e. The fourth-order valence-corrected chi connectivity index (χ4v) is 8.74. The van der Waals surface area contributed by atoms with Gasteiger partial charge in [0.15, 0.2) is 0 Å². The lowest BCUT2D eigenvalue weighted by atomic mass is 9.97. The summed E-state index contributed by atoms with van der Waals surface area (Å²) < 4.78 is 34.2. The highest BCUT2D eigenvalue weighted by atomic mass is 32.2. The van der Waals surface area contributed by atoms with Crippen LogP contribution in [-0.4, -0.2) is 120 Å². The average Bonchev–Trinajstić information content (AvgIpc) is 3.69. The summed E-state index contributed by atoms with van der Waals surface area (Å²) in [7, 11) is -2.51. The van der Waals surface area contributed by atoms with Gasteiger partial charge in [-0.1, -0.05) is 58.0 Å². The second-order valence-corrected chi connectivity index (χ2v) is 16.7. The number of nitrogens with one attached hydrogen (secondary N) is 2. The number of carbonyl (C=O) groups is 3. The van der Waals surface area contributed by atoms with E-state index in [9.17, 15) is 27.9 Å². The molecule has 0 spiro atoms. The molecule has 1 unspecified atom stereocenters. The molecule has 1 saturated heterocycles. The Hall–Kier alpha value is -3.79. The van der Waals surface area contributed by atoms with Crippen LogP contribution in [0.5, 0.6) is 5.75 Å². The molecule has 0 saturated carbocycles. The Labute approximate surface area is 306 Å². The zero-order chi connectivity index (χ0) is 37.3. The van der Waals surface area contributed by atoms with Gasteiger partial charge in [-0.3, -0.25) is 9.59 Å². The number of carbonyl (C=O) groups excluding carboxylic acids is 3. The molecule has 4 amide bonds. The van der Waals surface area contributed by atoms with Crippen molar-refractivity contribution < 1.29 is 32.6 Å². The van der Waals surface area contributed by atoms with Crippen molar-refractivity contribution in [3.63, 3.8) is 0 Å². The van der Waals surface area contributed by atoms with Crippen LogP contribution in [0.3, 0.4) is 0 Å². The van der Waals surface area contributed by atoms with Crippen molar-refractivity contribution in [3.05, 3.63) is 71.8 Å². The Balaban J connectivity index is 1.53. The fraction of sp³-hybridized carbons (Fsp3) is 0.528. The second kappa shape index (κ2) is 18.1. The number of urea groups is 1. The molecule has 2 aromatic carbocycles. The largest absolute Gasteiger partial charge is 0.497 e. The van der Waals surface area contributed by atoms with Crippen LogP contribution >= 0.6 is 11.8 Å². The van der Waals surface area contributed by atoms with Gasteiger partial charge >= 0.3 is 6.03 Å². The standard InChI is InChI=1S/C36H52N6O7S2/c1-25(2)22-41(51(47,48)30-14-12-29(49-6)13-15-30)23-32(44)31(20-28-10-8-7-9-11-28)38-35(45)34(26(3)4)42-17-16-40(36(42)46)24-39-18-19-50-33(39)21-37-27(5)43/h7-15,18-19,25-26,31-34,44H,16-17,20-24H2,1-6H3,(H,37,43)(H,38,45)/t31-,32+,33?,34-/m0/s1. The van der Waals surface area contributed by atoms with Crippen molar-refractivity contribution in [2.75, 3.05) is 46.5 Å². The van der Waals surface area contributed by atoms with Crippen molar-refractivity contribution in [2.24, 2.45) is 11.8 Å². The Bertz CT molecular complexity index is 1610. The van der Waals surface area contributed by atoms with Crippen LogP contribution in [0, 0.1) is 11.8 Å². The van der Waals surface area contributed by atoms with Gasteiger partial charge < -0.3 is 35.2 Å². The summed E-state index contributed by atoms with van der Waals surface area (Å²) in [5.41, 5.74) is 0.852. The normalized spacial score (nSPS) is 18.1. The summed E-state index contributed by atoms with van der Waals surface area (Å²) in [5.74, 6) is -0.330. The van der Waals surface area contributed by atoms with Crippen molar-refractivity contribution in [1.29, 1.82) is 0 Å². The summed E-state index contributed by atoms with van der Waals surface area (Å²) in [6.07, 6.45) is 0.859. The molecule has 4 rings (SSSR count). The highest BCUT2D eigenvalue weighted by molar-refractivity contribution is 8.02. The van der Waals surface area contributed by atoms with Crippen LogP contribution in [0.15, 0.2) is 71.1 Å². The number of methoxy groups -OCH3 is 1. The van der Waals surface area contributed by atoms with E-state index in [1.54, 1.807) is 33.7 Å². The monoisotopic (exact) mass is 744 g/mol. The smallest absolute Gasteiger partial charge is 0.322 e. The third-order valence-corrected chi connectivity index (χ3v) is 11.7. The van der Waals surface area contributed by atoms with Gasteiger partial charge in [-0.05, 0) is 53.5 Å². The third kappa shape index (κ3) is 10.6. The molecule has 3 N–H and O–H groups in total. The van der Waals surface area contributed by atoms with Crippen LogP contribution in [0.25, 0.3) is 0 Å². The summed E-state index contributed by atoms with van der Waals surface area (Å²) in [5, 5.41) is 19.5. The molecule has 15 heteroatoms. The molecule has 2 aliphatic heterocycles. The van der Waals surface area contributed by atoms with Crippen molar-refractivity contribution >= 4 is 39.6 Å². The van der Waals surface area contributed by atoms with Crippen molar-refractivity contribution in [1.82, 2.24) is 29.6 Å². The van der Waals surface area contributed by atoms with E-state index in [4.69, 9.17) is 4.74 Å². The predicted octanol–water partition coefficient (Wildman–Crippen LogP) is 3.13. The highest BCUT2D eigenvalue weighted by Gasteiger charge is 2.41. The van der Waals surface area contributed by atoms with Crippen LogP contribution < -0.4 is 15.4 Å². The number of aliphatic hydroxyl groups excluding tert-OH is 1. The quantitative estimate of drug-likeness (QED) is 0.209. The first-order valence-corrected chi connectivity index (χ1v) is 19.6. The van der Waals surface area contributed by atoms with E-state index in [0.29, 0.717) is 32.1 Å². The number of ether oxygens (including phenoxy) is 1. The van der Waals surface area contributed by atoms with E-state index >= 15 is 0 Å². The topological polar surface area (TPSA) is 152 Å². The number of thioether (sulfide) groups is 1. The van der Waals surface area contributed by atoms with Gasteiger partial charge in [-0.15, -0.1) is 11.8 Å². The lowest BCUT2D eigenvalue weighted by molar-refractivity contribution is -0.128. The SMILES string of the molecule is COc1ccc(S(=O)(=O)N(CC(C)C)C[C@@H](O)[C@H](Cc2ccccc2)NC(=O)[C@H](C(C)C)N2CCN(CN3C=CSC3CNC(C)=O)C2=O)cc1. The average molecular weight is 745 g/mol. The number of rotatable bonds is 18. The summed E-state index contributed by atoms with van der Waals surface area (Å²) in [6.45, 7) is 10.4. The number of hydrogen-bond acceptors (Lipinski definition) is 9. The first-order chi connectivity index (χ1) is 24.2. The van der Waals surface area contributed by atoms with Gasteiger partial charge in [-0.2, -0.15) is 4.31 Å². The Kier molecular flexibility index (Phi) is 14.2. The number of benzene rings is 2. The second-order valence-electron chi connectivity index (χ2n) is 13.7. The molecule has 0 radical (unpaired) electrons. The van der Waals surface area contributed by atoms with Gasteiger partial charge in [0, 0.05) is 45.8 Å². The first-order valence-electron chi connectivity index (χ1n) is 17.3. The van der Waals surface area contributed by atoms with Crippen LogP contribution in [-0.2, 0) is 26.0 Å². The Morgan fingerprint density at radius 3 is 2.33 bits per heavy atom. The van der Waals surface area contributed by atoms with E-state index in [1.807, 2.05) is 74.5 Å². The molecule has 0 bridgehead atoms. The van der Waals surface area contributed by atoms with Crippen LogP contribution in [0.4, 0.5) is 4.79 Å². The molecule has 4 atom stereocenters. The van der Waals surface area contributed by atoms with Gasteiger partial charge in [0.2, 0.25) is 21.8 Å². The van der Waals surface area contributed by atoms with Gasteiger partial charge in [0.05, 0.1) is 36.2 Å². The number of nitrogens with zero attached hydrogens (tertiary/aromatic N) is 4. The Morgan fingerprint density at radius 2 is 1.73 bits per heavy atom. The maximum Gasteiger partial charge on any atom is 0.322 e. The summed E-state index contributed by atoms with van der Waals surface area (Å²) in [6, 6.07) is 13.5. The molecule has 0 aliphatic carbocycles. The lowest BCUT2D eigenvalue weighted by Gasteiger charge is -2.35. The van der Waals surface area contributed by atoms with Gasteiger partial charge in [0.25, 0.3) is 0 Å². The molecule has 1 fully saturated rings. The maximum absolute atomic E-state index is 14.2. The molecular formula is C36H52N6O7S2. The minimum absolute atomic E-state index is 0.0443. The fourth-order valence-electron chi connectivity index (χ4n) is 6.23. The zero-order valence-electron chi connectivity index (χ0n) is 30.3. The van der Waals surface area contributed by atoms with Gasteiger partial charge in [0.1, 0.15) is 11.8 Å². The van der Waals surface area contributed by atoms with Crippen molar-refractivity contribution in [2.45, 2.75) is 69.5 Å². The van der Waals surface area contributed by atoms with E-state index in [0.717, 1.165) is 5.56 Å². The number of sulfonamides is 1. The van der Waals surface area contributed by atoms with E-state index in [-0.39, 0.29) is 53.6 Å². The predicted molar refractivity (Wildman–Crippen MR) is 198 cm³/mol. The molecule has 2 aromatic rings. The number of amides is 4. The first kappa shape index (κ1) is 40.0. The Morgan fingerprint density at radius 1 is 1.04 bits per heavy atom. The molecular weight excluding hydrogens is 693 g/mol. The van der Waals surface area contributed by atoms with Crippen LogP contribution in [0.1, 0.15) is 40.2 Å². The molecule has 2 heterocycles. The molecule has 51 heavy (non-hydrogen) atoms. The third-order valence-electron chi connectivity index (χ3n) is 8.83. The van der Waals surface area contributed by atoms with Gasteiger partial charge in [-0.25, -0.2) is 13.2 Å². The highest BCUT2D eigenvalue weighted by Crippen LogP contribution is 2.27. The summed E-state index contributed by atoms with van der Waals surface area (Å²) in [4.78, 5) is 44.7. The van der Waals surface area contributed by atoms with E-state index < -0.39 is 34.1 Å². The van der Waals surface area contributed by atoms with Crippen LogP contribution in [0.2, 0.25) is 0 Å².